The predicted octanol–water partition coefficient (Wildman–Crippen LogP) is 4.46. The van der Waals surface area contributed by atoms with Crippen LogP contribution in [0.1, 0.15) is 52.2 Å². The molecule has 190 valence electrons. The summed E-state index contributed by atoms with van der Waals surface area (Å²) >= 11 is 0. The number of hydrogen-bond acceptors (Lipinski definition) is 3. The zero-order chi connectivity index (χ0) is 25.8. The van der Waals surface area contributed by atoms with Gasteiger partial charge in [0.05, 0.1) is 5.41 Å². The van der Waals surface area contributed by atoms with Crippen molar-refractivity contribution < 1.29 is 22.8 Å². The van der Waals surface area contributed by atoms with E-state index in [-0.39, 0.29) is 37.1 Å². The van der Waals surface area contributed by atoms with Crippen molar-refractivity contribution in [2.24, 2.45) is 5.41 Å². The Balaban J connectivity index is 1.68. The van der Waals surface area contributed by atoms with E-state index >= 15 is 0 Å². The van der Waals surface area contributed by atoms with Crippen molar-refractivity contribution in [3.05, 3.63) is 70.8 Å². The molecule has 2 amide bonds. The predicted molar refractivity (Wildman–Crippen MR) is 130 cm³/mol. The molecule has 2 aromatic rings. The van der Waals surface area contributed by atoms with Gasteiger partial charge in [-0.2, -0.15) is 13.2 Å². The highest BCUT2D eigenvalue weighted by molar-refractivity contribution is 5.94. The Morgan fingerprint density at radius 1 is 1.09 bits per heavy atom. The van der Waals surface area contributed by atoms with E-state index in [1.54, 1.807) is 43.4 Å². The summed E-state index contributed by atoms with van der Waals surface area (Å²) in [6, 6.07) is 14.0. The largest absolute Gasteiger partial charge is 0.395 e. The molecule has 0 heterocycles. The SMILES string of the molecule is CNC(=O)c1ccc(C[C@@H](CNC(=O)C[C@@H](c2ccccc2)C2(C(F)(F)F)CC2)N(C)C)c(C)c1. The second-order valence-electron chi connectivity index (χ2n) is 9.67. The van der Waals surface area contributed by atoms with Gasteiger partial charge in [-0.25, -0.2) is 0 Å². The van der Waals surface area contributed by atoms with Crippen molar-refractivity contribution in [3.63, 3.8) is 0 Å². The van der Waals surface area contributed by atoms with Crippen LogP contribution in [0.25, 0.3) is 0 Å². The van der Waals surface area contributed by atoms with E-state index in [9.17, 15) is 22.8 Å². The molecule has 0 unspecified atom stereocenters. The maximum absolute atomic E-state index is 13.9. The van der Waals surface area contributed by atoms with Crippen molar-refractivity contribution in [2.75, 3.05) is 27.7 Å². The number of carbonyl (C=O) groups is 2. The highest BCUT2D eigenvalue weighted by Gasteiger charge is 2.67. The maximum atomic E-state index is 13.9. The lowest BCUT2D eigenvalue weighted by atomic mass is 9.80. The molecule has 0 bridgehead atoms. The van der Waals surface area contributed by atoms with E-state index in [1.165, 1.54) is 0 Å². The minimum absolute atomic E-state index is 0.0506. The van der Waals surface area contributed by atoms with Gasteiger partial charge in [0.25, 0.3) is 5.91 Å². The molecule has 1 saturated carbocycles. The van der Waals surface area contributed by atoms with Gasteiger partial charge in [0.15, 0.2) is 0 Å². The number of alkyl halides is 3. The van der Waals surface area contributed by atoms with Crippen LogP contribution in [-0.4, -0.2) is 56.6 Å². The number of nitrogens with zero attached hydrogens (tertiary/aromatic N) is 1. The number of carbonyl (C=O) groups excluding carboxylic acids is 2. The zero-order valence-electron chi connectivity index (χ0n) is 20.7. The first kappa shape index (κ1) is 26.7. The lowest BCUT2D eigenvalue weighted by Gasteiger charge is -2.30. The lowest BCUT2D eigenvalue weighted by molar-refractivity contribution is -0.194. The molecule has 2 aromatic carbocycles. The van der Waals surface area contributed by atoms with Gasteiger partial charge in [0, 0.05) is 37.5 Å². The molecule has 35 heavy (non-hydrogen) atoms. The normalized spacial score (nSPS) is 16.5. The first-order valence-corrected chi connectivity index (χ1v) is 11.8. The van der Waals surface area contributed by atoms with Crippen molar-refractivity contribution in [1.29, 1.82) is 0 Å². The number of aryl methyl sites for hydroxylation is 1. The molecular formula is C27H34F3N3O2. The molecule has 3 rings (SSSR count). The van der Waals surface area contributed by atoms with Crippen LogP contribution in [0, 0.1) is 12.3 Å². The molecule has 1 aliphatic carbocycles. The summed E-state index contributed by atoms with van der Waals surface area (Å²) in [5.41, 5.74) is 1.31. The summed E-state index contributed by atoms with van der Waals surface area (Å²) in [5, 5.41) is 5.49. The third kappa shape index (κ3) is 6.23. The van der Waals surface area contributed by atoms with Gasteiger partial charge in [-0.1, -0.05) is 36.4 Å². The number of hydrogen-bond donors (Lipinski definition) is 2. The standard InChI is InChI=1S/C27H34F3N3O2/c1-18-14-21(25(35)31-2)11-10-20(18)15-22(33(3)4)17-32-24(34)16-23(19-8-6-5-7-9-19)26(12-13-26)27(28,29)30/h5-11,14,22-23H,12-13,15-17H2,1-4H3,(H,31,35)(H,32,34)/t22-,23-/m0/s1. The number of nitrogens with one attached hydrogen (secondary N) is 2. The first-order chi connectivity index (χ1) is 16.5. The third-order valence-corrected chi connectivity index (χ3v) is 7.16. The number of likely N-dealkylation sites (N-methyl/N-ethyl adjacent to an activating group) is 1. The highest BCUT2D eigenvalue weighted by Crippen LogP contribution is 2.66. The van der Waals surface area contributed by atoms with Crippen LogP contribution >= 0.6 is 0 Å². The Morgan fingerprint density at radius 3 is 2.26 bits per heavy atom. The second kappa shape index (κ2) is 10.8. The molecule has 1 aliphatic rings. The monoisotopic (exact) mass is 489 g/mol. The van der Waals surface area contributed by atoms with Crippen LogP contribution in [0.5, 0.6) is 0 Å². The fraction of sp³-hybridized carbons (Fsp3) is 0.481. The van der Waals surface area contributed by atoms with E-state index in [2.05, 4.69) is 10.6 Å². The molecule has 2 atom stereocenters. The van der Waals surface area contributed by atoms with Crippen LogP contribution in [0.2, 0.25) is 0 Å². The molecule has 0 aromatic heterocycles. The number of halogens is 3. The molecular weight excluding hydrogens is 455 g/mol. The minimum atomic E-state index is -4.35. The van der Waals surface area contributed by atoms with Gasteiger partial charge in [-0.15, -0.1) is 0 Å². The molecule has 0 spiro atoms. The van der Waals surface area contributed by atoms with Crippen molar-refractivity contribution in [3.8, 4) is 0 Å². The number of benzene rings is 2. The van der Waals surface area contributed by atoms with Crippen LogP contribution in [0.4, 0.5) is 13.2 Å². The molecule has 1 fully saturated rings. The van der Waals surface area contributed by atoms with Crippen molar-refractivity contribution in [2.45, 2.75) is 50.7 Å². The maximum Gasteiger partial charge on any atom is 0.395 e. The van der Waals surface area contributed by atoms with Gasteiger partial charge < -0.3 is 15.5 Å². The van der Waals surface area contributed by atoms with Crippen molar-refractivity contribution in [1.82, 2.24) is 15.5 Å². The Labute approximate surface area is 205 Å². The van der Waals surface area contributed by atoms with Crippen molar-refractivity contribution >= 4 is 11.8 Å². The summed E-state index contributed by atoms with van der Waals surface area (Å²) in [6.45, 7) is 2.24. The number of rotatable bonds is 10. The Bertz CT molecular complexity index is 1030. The minimum Gasteiger partial charge on any atom is -0.355 e. The molecule has 0 aliphatic heterocycles. The fourth-order valence-electron chi connectivity index (χ4n) is 4.67. The molecule has 2 N–H and O–H groups in total. The third-order valence-electron chi connectivity index (χ3n) is 7.16. The van der Waals surface area contributed by atoms with E-state index in [4.69, 9.17) is 0 Å². The van der Waals surface area contributed by atoms with E-state index < -0.39 is 17.5 Å². The smallest absolute Gasteiger partial charge is 0.355 e. The van der Waals surface area contributed by atoms with Gasteiger partial charge in [0.1, 0.15) is 0 Å². The van der Waals surface area contributed by atoms with E-state index in [0.717, 1.165) is 11.1 Å². The van der Waals surface area contributed by atoms with Crippen LogP contribution in [0.3, 0.4) is 0 Å². The van der Waals surface area contributed by atoms with Gasteiger partial charge in [-0.05, 0) is 69.1 Å². The van der Waals surface area contributed by atoms with Gasteiger partial charge in [-0.3, -0.25) is 9.59 Å². The Morgan fingerprint density at radius 2 is 1.74 bits per heavy atom. The average Bonchev–Trinajstić information content (AvgIpc) is 3.63. The second-order valence-corrected chi connectivity index (χ2v) is 9.67. The van der Waals surface area contributed by atoms with Gasteiger partial charge in [0.2, 0.25) is 5.91 Å². The number of amides is 2. The quantitative estimate of drug-likeness (QED) is 0.518. The zero-order valence-corrected chi connectivity index (χ0v) is 20.7. The van der Waals surface area contributed by atoms with E-state index in [1.807, 2.05) is 38.1 Å². The molecule has 5 nitrogen and oxygen atoms in total. The Kier molecular flexibility index (Phi) is 8.26. The van der Waals surface area contributed by atoms with E-state index in [0.29, 0.717) is 24.1 Å². The van der Waals surface area contributed by atoms with Gasteiger partial charge >= 0.3 is 6.18 Å². The first-order valence-electron chi connectivity index (χ1n) is 11.8. The summed E-state index contributed by atoms with van der Waals surface area (Å²) in [5.74, 6) is -1.44. The summed E-state index contributed by atoms with van der Waals surface area (Å²) in [4.78, 5) is 26.7. The fourth-order valence-corrected chi connectivity index (χ4v) is 4.67. The lowest BCUT2D eigenvalue weighted by Crippen LogP contribution is -2.43. The average molecular weight is 490 g/mol. The summed E-state index contributed by atoms with van der Waals surface area (Å²) in [7, 11) is 5.39. The Hall–Kier alpha value is -2.87. The molecule has 8 heteroatoms. The molecule has 0 saturated heterocycles. The topological polar surface area (TPSA) is 61.4 Å². The van der Waals surface area contributed by atoms with Crippen LogP contribution in [0.15, 0.2) is 48.5 Å². The molecule has 0 radical (unpaired) electrons. The summed E-state index contributed by atoms with van der Waals surface area (Å²) in [6.07, 6.45) is -3.83. The van der Waals surface area contributed by atoms with Crippen LogP contribution in [-0.2, 0) is 11.2 Å². The summed E-state index contributed by atoms with van der Waals surface area (Å²) < 4.78 is 41.8. The van der Waals surface area contributed by atoms with Crippen LogP contribution < -0.4 is 10.6 Å². The highest BCUT2D eigenvalue weighted by atomic mass is 19.4.